The summed E-state index contributed by atoms with van der Waals surface area (Å²) in [5.74, 6) is -1.91. The van der Waals surface area contributed by atoms with E-state index in [-0.39, 0.29) is 5.56 Å². The van der Waals surface area contributed by atoms with Crippen LogP contribution < -0.4 is 5.76 Å². The van der Waals surface area contributed by atoms with Gasteiger partial charge in [0.15, 0.2) is 5.58 Å². The number of hydrogen-bond donors (Lipinski definition) is 1. The molecule has 1 N–H and O–H groups in total. The van der Waals surface area contributed by atoms with Crippen molar-refractivity contribution >= 4 is 43.0 Å². The first kappa shape index (κ1) is 14.5. The Morgan fingerprint density at radius 2 is 1.81 bits per heavy atom. The van der Waals surface area contributed by atoms with E-state index in [1.807, 2.05) is 0 Å². The number of halogens is 4. The van der Waals surface area contributed by atoms with Crippen molar-refractivity contribution in [3.63, 3.8) is 0 Å². The average molecular weight is 419 g/mol. The van der Waals surface area contributed by atoms with Crippen molar-refractivity contribution in [2.24, 2.45) is 0 Å². The molecule has 0 aliphatic carbocycles. The Hall–Kier alpha value is -1.47. The van der Waals surface area contributed by atoms with Crippen LogP contribution in [-0.2, 0) is 0 Å². The van der Waals surface area contributed by atoms with Gasteiger partial charge < -0.3 is 4.42 Å². The Morgan fingerprint density at radius 1 is 1.14 bits per heavy atom. The van der Waals surface area contributed by atoms with E-state index in [4.69, 9.17) is 4.42 Å². The van der Waals surface area contributed by atoms with Crippen molar-refractivity contribution in [2.75, 3.05) is 0 Å². The van der Waals surface area contributed by atoms with Gasteiger partial charge >= 0.3 is 5.76 Å². The van der Waals surface area contributed by atoms with E-state index in [1.165, 1.54) is 12.1 Å². The summed E-state index contributed by atoms with van der Waals surface area (Å²) in [4.78, 5) is 12.9. The molecule has 1 heterocycles. The predicted molar refractivity (Wildman–Crippen MR) is 81.7 cm³/mol. The van der Waals surface area contributed by atoms with Gasteiger partial charge in [0.2, 0.25) is 0 Å². The van der Waals surface area contributed by atoms with Gasteiger partial charge in [-0.05, 0) is 29.8 Å². The van der Waals surface area contributed by atoms with Crippen LogP contribution in [0.15, 0.2) is 44.0 Å². The van der Waals surface area contributed by atoms with Crippen molar-refractivity contribution in [1.82, 2.24) is 4.98 Å². The molecule has 1 atom stereocenters. The highest BCUT2D eigenvalue weighted by molar-refractivity contribution is 9.10. The maximum atomic E-state index is 14.0. The van der Waals surface area contributed by atoms with Crippen LogP contribution in [-0.4, -0.2) is 4.98 Å². The van der Waals surface area contributed by atoms with E-state index in [0.29, 0.717) is 21.1 Å². The first-order valence-electron chi connectivity index (χ1n) is 5.87. The topological polar surface area (TPSA) is 46.0 Å². The summed E-state index contributed by atoms with van der Waals surface area (Å²) in [6.45, 7) is 0. The molecule has 0 aliphatic rings. The van der Waals surface area contributed by atoms with Gasteiger partial charge in [0.1, 0.15) is 11.6 Å². The Kier molecular flexibility index (Phi) is 3.71. The zero-order chi connectivity index (χ0) is 15.1. The second-order valence-electron chi connectivity index (χ2n) is 4.42. The number of H-pyrrole nitrogens is 1. The minimum atomic E-state index is -0.699. The Labute approximate surface area is 134 Å². The third-order valence-electron chi connectivity index (χ3n) is 3.03. The molecule has 2 aromatic carbocycles. The molecule has 1 unspecified atom stereocenters. The minimum Gasteiger partial charge on any atom is -0.408 e. The van der Waals surface area contributed by atoms with E-state index >= 15 is 0 Å². The molecule has 0 spiro atoms. The molecule has 0 saturated heterocycles. The number of benzene rings is 2. The molecule has 0 bridgehead atoms. The van der Waals surface area contributed by atoms with Crippen LogP contribution in [0.1, 0.15) is 16.0 Å². The third kappa shape index (κ3) is 2.67. The number of fused-ring (bicyclic) bond motifs is 1. The van der Waals surface area contributed by atoms with E-state index < -0.39 is 22.2 Å². The molecule has 0 fully saturated rings. The van der Waals surface area contributed by atoms with Crippen LogP contribution in [0.25, 0.3) is 11.1 Å². The minimum absolute atomic E-state index is 0.101. The molecule has 1 aromatic heterocycles. The van der Waals surface area contributed by atoms with E-state index in [1.54, 1.807) is 18.2 Å². The maximum absolute atomic E-state index is 14.0. The summed E-state index contributed by atoms with van der Waals surface area (Å²) < 4.78 is 33.2. The monoisotopic (exact) mass is 417 g/mol. The van der Waals surface area contributed by atoms with Crippen LogP contribution in [0.5, 0.6) is 0 Å². The van der Waals surface area contributed by atoms with Crippen molar-refractivity contribution in [3.05, 3.63) is 68.1 Å². The van der Waals surface area contributed by atoms with Gasteiger partial charge in [-0.2, -0.15) is 0 Å². The average Bonchev–Trinajstić information content (AvgIpc) is 2.76. The van der Waals surface area contributed by atoms with Gasteiger partial charge in [-0.25, -0.2) is 13.6 Å². The lowest BCUT2D eigenvalue weighted by atomic mass is 10.0. The molecule has 7 heteroatoms. The Morgan fingerprint density at radius 3 is 2.48 bits per heavy atom. The van der Waals surface area contributed by atoms with Crippen molar-refractivity contribution < 1.29 is 13.2 Å². The highest BCUT2D eigenvalue weighted by Crippen LogP contribution is 2.36. The summed E-state index contributed by atoms with van der Waals surface area (Å²) in [6.07, 6.45) is 0. The van der Waals surface area contributed by atoms with Crippen molar-refractivity contribution in [2.45, 2.75) is 4.83 Å². The summed E-state index contributed by atoms with van der Waals surface area (Å²) in [6, 6.07) is 7.24. The Balaban J connectivity index is 2.11. The fourth-order valence-corrected chi connectivity index (χ4v) is 3.21. The lowest BCUT2D eigenvalue weighted by Gasteiger charge is -2.13. The summed E-state index contributed by atoms with van der Waals surface area (Å²) >= 11 is 6.33. The fraction of sp³-hybridized carbons (Fsp3) is 0.0714. The molecule has 0 amide bonds. The molecule has 0 radical (unpaired) electrons. The van der Waals surface area contributed by atoms with E-state index in [9.17, 15) is 13.6 Å². The van der Waals surface area contributed by atoms with Crippen LogP contribution in [0, 0.1) is 11.6 Å². The van der Waals surface area contributed by atoms with Crippen LogP contribution in [0.4, 0.5) is 8.78 Å². The standard InChI is InChI=1S/C14H7Br2F2NO2/c15-7-4-8(17)12(9(18)5-7)13(16)6-1-2-10-11(3-6)21-14(20)19-10/h1-5,13H,(H,19,20). The molecule has 108 valence electrons. The number of nitrogens with one attached hydrogen (secondary N) is 1. The number of alkyl halides is 1. The molecule has 3 rings (SSSR count). The molecule has 21 heavy (non-hydrogen) atoms. The summed E-state index contributed by atoms with van der Waals surface area (Å²) in [5, 5.41) is 0. The highest BCUT2D eigenvalue weighted by atomic mass is 79.9. The van der Waals surface area contributed by atoms with Gasteiger partial charge in [0.05, 0.1) is 10.3 Å². The summed E-state index contributed by atoms with van der Waals surface area (Å²) in [7, 11) is 0. The molecular formula is C14H7Br2F2NO2. The second kappa shape index (κ2) is 5.38. The highest BCUT2D eigenvalue weighted by Gasteiger charge is 2.21. The van der Waals surface area contributed by atoms with Crippen molar-refractivity contribution in [3.8, 4) is 0 Å². The van der Waals surface area contributed by atoms with Gasteiger partial charge in [0, 0.05) is 10.0 Å². The SMILES string of the molecule is O=c1[nH]c2ccc(C(Br)c3c(F)cc(Br)cc3F)cc2o1. The lowest BCUT2D eigenvalue weighted by Crippen LogP contribution is -2.01. The first-order valence-corrected chi connectivity index (χ1v) is 7.58. The largest absolute Gasteiger partial charge is 0.417 e. The Bertz CT molecular complexity index is 865. The number of aromatic nitrogens is 1. The van der Waals surface area contributed by atoms with E-state index in [0.717, 1.165) is 0 Å². The van der Waals surface area contributed by atoms with E-state index in [2.05, 4.69) is 36.8 Å². The molecule has 3 nitrogen and oxygen atoms in total. The molecule has 3 aromatic rings. The number of rotatable bonds is 2. The van der Waals surface area contributed by atoms with Crippen LogP contribution in [0.2, 0.25) is 0 Å². The number of aromatic amines is 1. The first-order chi connectivity index (χ1) is 9.95. The maximum Gasteiger partial charge on any atom is 0.417 e. The zero-order valence-electron chi connectivity index (χ0n) is 10.3. The predicted octanol–water partition coefficient (Wildman–Crippen LogP) is 4.65. The molecule has 0 aliphatic heterocycles. The van der Waals surface area contributed by atoms with Gasteiger partial charge in [0.25, 0.3) is 0 Å². The fourth-order valence-electron chi connectivity index (χ4n) is 2.08. The summed E-state index contributed by atoms with van der Waals surface area (Å²) in [5.41, 5.74) is 1.33. The van der Waals surface area contributed by atoms with Gasteiger partial charge in [-0.3, -0.25) is 4.98 Å². The number of oxazole rings is 1. The smallest absolute Gasteiger partial charge is 0.408 e. The molecule has 0 saturated carbocycles. The van der Waals surface area contributed by atoms with Gasteiger partial charge in [-0.15, -0.1) is 0 Å². The van der Waals surface area contributed by atoms with Crippen LogP contribution in [0.3, 0.4) is 0 Å². The second-order valence-corrected chi connectivity index (χ2v) is 6.25. The normalized spacial score (nSPS) is 12.8. The zero-order valence-corrected chi connectivity index (χ0v) is 13.5. The number of hydrogen-bond acceptors (Lipinski definition) is 2. The lowest BCUT2D eigenvalue weighted by molar-refractivity contribution is 0.553. The third-order valence-corrected chi connectivity index (χ3v) is 4.48. The molecular weight excluding hydrogens is 412 g/mol. The van der Waals surface area contributed by atoms with Crippen LogP contribution >= 0.6 is 31.9 Å². The quantitative estimate of drug-likeness (QED) is 0.616. The van der Waals surface area contributed by atoms with Crippen molar-refractivity contribution in [1.29, 1.82) is 0 Å². The van der Waals surface area contributed by atoms with Gasteiger partial charge in [-0.1, -0.05) is 37.9 Å².